The van der Waals surface area contributed by atoms with Crippen LogP contribution in [0.3, 0.4) is 0 Å². The van der Waals surface area contributed by atoms with Crippen molar-refractivity contribution < 1.29 is 18.3 Å². The fourth-order valence-corrected chi connectivity index (χ4v) is 5.86. The van der Waals surface area contributed by atoms with E-state index >= 15 is 0 Å². The van der Waals surface area contributed by atoms with Gasteiger partial charge in [-0.3, -0.25) is 9.69 Å². The molecule has 1 fully saturated rings. The van der Waals surface area contributed by atoms with Crippen molar-refractivity contribution >= 4 is 24.0 Å². The highest BCUT2D eigenvalue weighted by Gasteiger charge is 2.56. The number of carbonyl (C=O) groups is 1. The minimum Gasteiger partial charge on any atom is -0.372 e. The Morgan fingerprint density at radius 3 is 2.47 bits per heavy atom. The standard InChI is InChI=1S/C27H34F2N2O2.ClH/c1-17(33-16-20-22(28)9-7-10-23(20)29)15-31-13-12-27(5)21-8-6-11-24(30-18(2)32)19(21)14-25(31)26(27,3)4;/h6-11,17,25H,12-16H2,1-5H3,(H,30,32);1H. The smallest absolute Gasteiger partial charge is 0.221 e. The lowest BCUT2D eigenvalue weighted by Crippen LogP contribution is -2.64. The molecule has 1 aliphatic carbocycles. The number of fused-ring (bicyclic) bond motifs is 4. The molecule has 34 heavy (non-hydrogen) atoms. The molecule has 7 heteroatoms. The van der Waals surface area contributed by atoms with Crippen LogP contribution in [0.4, 0.5) is 14.5 Å². The Balaban J connectivity index is 0.00000324. The second-order valence-electron chi connectivity index (χ2n) is 10.4. The molecule has 0 aromatic heterocycles. The van der Waals surface area contributed by atoms with Crippen LogP contribution in [0, 0.1) is 17.0 Å². The zero-order valence-corrected chi connectivity index (χ0v) is 21.4. The summed E-state index contributed by atoms with van der Waals surface area (Å²) in [5, 5.41) is 3.02. The van der Waals surface area contributed by atoms with Gasteiger partial charge in [0.2, 0.25) is 5.91 Å². The monoisotopic (exact) mass is 492 g/mol. The zero-order chi connectivity index (χ0) is 24.0. The molecular weight excluding hydrogens is 458 g/mol. The van der Waals surface area contributed by atoms with Gasteiger partial charge < -0.3 is 10.1 Å². The number of hydrogen-bond acceptors (Lipinski definition) is 3. The highest BCUT2D eigenvalue weighted by atomic mass is 35.5. The summed E-state index contributed by atoms with van der Waals surface area (Å²) in [5.74, 6) is -1.22. The molecule has 1 amide bonds. The van der Waals surface area contributed by atoms with Crippen LogP contribution in [0.1, 0.15) is 57.7 Å². The third kappa shape index (κ3) is 4.60. The molecule has 1 N–H and O–H groups in total. The van der Waals surface area contributed by atoms with E-state index in [1.807, 2.05) is 19.1 Å². The van der Waals surface area contributed by atoms with Crippen LogP contribution in [0.2, 0.25) is 0 Å². The number of nitrogens with one attached hydrogen (secondary N) is 1. The molecule has 186 valence electrons. The van der Waals surface area contributed by atoms with Gasteiger partial charge in [0.25, 0.3) is 0 Å². The van der Waals surface area contributed by atoms with Gasteiger partial charge in [0.1, 0.15) is 11.6 Å². The van der Waals surface area contributed by atoms with E-state index in [4.69, 9.17) is 4.74 Å². The first-order valence-corrected chi connectivity index (χ1v) is 11.7. The number of benzene rings is 2. The molecule has 2 aliphatic rings. The summed E-state index contributed by atoms with van der Waals surface area (Å²) >= 11 is 0. The molecular formula is C27H35ClF2N2O2. The van der Waals surface area contributed by atoms with Crippen molar-refractivity contribution in [1.82, 2.24) is 4.90 Å². The van der Waals surface area contributed by atoms with Crippen molar-refractivity contribution in [2.24, 2.45) is 5.41 Å². The SMILES string of the molecule is CC(=O)Nc1cccc2c1CC1N(CC(C)OCc3c(F)cccc3F)CCC2(C)C1(C)C.Cl. The molecule has 0 spiro atoms. The Kier molecular flexibility index (Phi) is 7.76. The molecule has 2 bridgehead atoms. The summed E-state index contributed by atoms with van der Waals surface area (Å²) < 4.78 is 33.8. The summed E-state index contributed by atoms with van der Waals surface area (Å²) in [6.07, 6.45) is 1.64. The number of halogens is 3. The molecule has 3 atom stereocenters. The highest BCUT2D eigenvalue weighted by Crippen LogP contribution is 2.57. The first kappa shape index (κ1) is 26.6. The van der Waals surface area contributed by atoms with Crippen LogP contribution in [0.15, 0.2) is 36.4 Å². The minimum atomic E-state index is -0.577. The number of piperidine rings is 1. The van der Waals surface area contributed by atoms with Crippen LogP contribution < -0.4 is 5.32 Å². The topological polar surface area (TPSA) is 41.6 Å². The quantitative estimate of drug-likeness (QED) is 0.548. The van der Waals surface area contributed by atoms with E-state index in [1.165, 1.54) is 29.3 Å². The lowest BCUT2D eigenvalue weighted by molar-refractivity contribution is -0.114. The fourth-order valence-electron chi connectivity index (χ4n) is 5.86. The number of rotatable bonds is 6. The second kappa shape index (κ2) is 9.92. The molecule has 4 nitrogen and oxygen atoms in total. The summed E-state index contributed by atoms with van der Waals surface area (Å²) in [5.41, 5.74) is 3.40. The molecule has 4 rings (SSSR count). The van der Waals surface area contributed by atoms with Crippen molar-refractivity contribution in [1.29, 1.82) is 0 Å². The summed E-state index contributed by atoms with van der Waals surface area (Å²) in [4.78, 5) is 14.3. The summed E-state index contributed by atoms with van der Waals surface area (Å²) in [6.45, 7) is 12.0. The molecule has 1 saturated heterocycles. The molecule has 3 unspecified atom stereocenters. The predicted molar refractivity (Wildman–Crippen MR) is 133 cm³/mol. The lowest BCUT2D eigenvalue weighted by atomic mass is 9.51. The first-order chi connectivity index (χ1) is 15.5. The van der Waals surface area contributed by atoms with Gasteiger partial charge in [-0.15, -0.1) is 12.4 Å². The number of amides is 1. The molecule has 2 aromatic rings. The van der Waals surface area contributed by atoms with Gasteiger partial charge >= 0.3 is 0 Å². The van der Waals surface area contributed by atoms with Gasteiger partial charge in [0, 0.05) is 36.2 Å². The molecule has 2 aromatic carbocycles. The summed E-state index contributed by atoms with van der Waals surface area (Å²) in [7, 11) is 0. The molecule has 0 saturated carbocycles. The number of hydrogen-bond donors (Lipinski definition) is 1. The normalized spacial score (nSPS) is 24.0. The van der Waals surface area contributed by atoms with E-state index in [0.29, 0.717) is 6.54 Å². The largest absolute Gasteiger partial charge is 0.372 e. The Morgan fingerprint density at radius 1 is 1.18 bits per heavy atom. The van der Waals surface area contributed by atoms with E-state index in [0.717, 1.165) is 25.1 Å². The maximum Gasteiger partial charge on any atom is 0.221 e. The van der Waals surface area contributed by atoms with Crippen molar-refractivity contribution in [2.75, 3.05) is 18.4 Å². The van der Waals surface area contributed by atoms with E-state index in [9.17, 15) is 13.6 Å². The van der Waals surface area contributed by atoms with E-state index in [-0.39, 0.29) is 53.5 Å². The number of likely N-dealkylation sites (tertiary alicyclic amines) is 1. The van der Waals surface area contributed by atoms with E-state index in [1.54, 1.807) is 6.92 Å². The van der Waals surface area contributed by atoms with Crippen molar-refractivity contribution in [3.05, 3.63) is 64.7 Å². The molecule has 0 radical (unpaired) electrons. The first-order valence-electron chi connectivity index (χ1n) is 11.7. The van der Waals surface area contributed by atoms with Gasteiger partial charge in [0.05, 0.1) is 12.7 Å². The molecule has 1 heterocycles. The predicted octanol–water partition coefficient (Wildman–Crippen LogP) is 5.86. The van der Waals surface area contributed by atoms with Crippen LogP contribution in [0.5, 0.6) is 0 Å². The van der Waals surface area contributed by atoms with Gasteiger partial charge in [-0.05, 0) is 61.1 Å². The number of nitrogens with zero attached hydrogens (tertiary/aromatic N) is 1. The van der Waals surface area contributed by atoms with Gasteiger partial charge in [0.15, 0.2) is 0 Å². The maximum atomic E-state index is 14.0. The van der Waals surface area contributed by atoms with Crippen LogP contribution in [-0.4, -0.2) is 36.0 Å². The maximum absolute atomic E-state index is 14.0. The van der Waals surface area contributed by atoms with E-state index < -0.39 is 11.6 Å². The molecule has 1 aliphatic heterocycles. The third-order valence-corrected chi connectivity index (χ3v) is 8.14. The van der Waals surface area contributed by atoms with Gasteiger partial charge in [-0.1, -0.05) is 39.0 Å². The van der Waals surface area contributed by atoms with Gasteiger partial charge in [-0.2, -0.15) is 0 Å². The lowest BCUT2D eigenvalue weighted by Gasteiger charge is -2.61. The number of anilines is 1. The van der Waals surface area contributed by atoms with Crippen molar-refractivity contribution in [3.63, 3.8) is 0 Å². The van der Waals surface area contributed by atoms with E-state index in [2.05, 4.69) is 37.1 Å². The van der Waals surface area contributed by atoms with Crippen LogP contribution >= 0.6 is 12.4 Å². The van der Waals surface area contributed by atoms with Gasteiger partial charge in [-0.25, -0.2) is 8.78 Å². The number of ether oxygens (including phenoxy) is 1. The Labute approximate surface area is 207 Å². The zero-order valence-electron chi connectivity index (χ0n) is 20.6. The summed E-state index contributed by atoms with van der Waals surface area (Å²) in [6, 6.07) is 10.4. The fraction of sp³-hybridized carbons (Fsp3) is 0.519. The highest BCUT2D eigenvalue weighted by molar-refractivity contribution is 5.90. The van der Waals surface area contributed by atoms with Crippen LogP contribution in [-0.2, 0) is 28.0 Å². The average molecular weight is 493 g/mol. The Bertz CT molecular complexity index is 1040. The Morgan fingerprint density at radius 2 is 1.82 bits per heavy atom. The van der Waals surface area contributed by atoms with Crippen molar-refractivity contribution in [3.8, 4) is 0 Å². The number of carbonyl (C=O) groups excluding carboxylic acids is 1. The second-order valence-corrected chi connectivity index (χ2v) is 10.4. The Hall–Kier alpha value is -2.02. The van der Waals surface area contributed by atoms with Crippen molar-refractivity contribution in [2.45, 2.75) is 71.6 Å². The average Bonchev–Trinajstić information content (AvgIpc) is 2.72. The minimum absolute atomic E-state index is 0. The third-order valence-electron chi connectivity index (χ3n) is 8.14. The van der Waals surface area contributed by atoms with Crippen LogP contribution in [0.25, 0.3) is 0 Å².